The molecule has 0 aromatic carbocycles. The summed E-state index contributed by atoms with van der Waals surface area (Å²) in [5.74, 6) is 3.51. The molecule has 0 aromatic rings. The van der Waals surface area contributed by atoms with E-state index in [9.17, 15) is 9.90 Å². The molecule has 220 valence electrons. The summed E-state index contributed by atoms with van der Waals surface area (Å²) in [5.41, 5.74) is 6.26. The van der Waals surface area contributed by atoms with Crippen LogP contribution in [0.4, 0.5) is 0 Å². The molecule has 4 aliphatic rings. The Labute approximate surface area is 233 Å². The van der Waals surface area contributed by atoms with Gasteiger partial charge >= 0.3 is 5.97 Å². The summed E-state index contributed by atoms with van der Waals surface area (Å²) in [4.78, 5) is 11.8. The molecule has 4 aliphatic carbocycles. The second-order valence-corrected chi connectivity index (χ2v) is 14.1. The van der Waals surface area contributed by atoms with Gasteiger partial charge in [-0.2, -0.15) is 0 Å². The Morgan fingerprint density at radius 1 is 1.00 bits per heavy atom. The quantitative estimate of drug-likeness (QED) is 0.199. The minimum Gasteiger partial charge on any atom is -0.469 e. The van der Waals surface area contributed by atoms with Crippen LogP contribution in [0.5, 0.6) is 0 Å². The van der Waals surface area contributed by atoms with Crippen molar-refractivity contribution in [2.45, 2.75) is 116 Å². The topological polar surface area (TPSA) is 96.6 Å². The lowest BCUT2D eigenvalue weighted by molar-refractivity contribution is -0.167. The molecule has 0 aromatic heterocycles. The van der Waals surface area contributed by atoms with Crippen molar-refractivity contribution in [3.05, 3.63) is 0 Å². The first-order valence-electron chi connectivity index (χ1n) is 16.1. The van der Waals surface area contributed by atoms with Crippen LogP contribution in [0, 0.1) is 46.3 Å². The number of nitrogens with two attached hydrogens (primary N) is 1. The molecule has 4 rings (SSSR count). The van der Waals surface area contributed by atoms with Crippen LogP contribution in [0.2, 0.25) is 0 Å². The number of carbonyl (C=O) groups is 1. The van der Waals surface area contributed by atoms with Crippen LogP contribution >= 0.6 is 0 Å². The summed E-state index contributed by atoms with van der Waals surface area (Å²) < 4.78 is 4.91. The van der Waals surface area contributed by atoms with E-state index in [0.29, 0.717) is 58.8 Å². The highest BCUT2D eigenvalue weighted by molar-refractivity contribution is 5.69. The number of hydrogen-bond donors (Lipinski definition) is 4. The van der Waals surface area contributed by atoms with E-state index in [1.54, 1.807) is 0 Å². The molecule has 6 heteroatoms. The normalized spacial score (nSPS) is 41.2. The van der Waals surface area contributed by atoms with Crippen molar-refractivity contribution in [3.63, 3.8) is 0 Å². The van der Waals surface area contributed by atoms with Gasteiger partial charge in [0, 0.05) is 12.5 Å². The molecule has 0 radical (unpaired) electrons. The van der Waals surface area contributed by atoms with Crippen molar-refractivity contribution in [1.29, 1.82) is 0 Å². The first-order chi connectivity index (χ1) is 18.2. The summed E-state index contributed by atoms with van der Waals surface area (Å²) >= 11 is 0. The van der Waals surface area contributed by atoms with Crippen molar-refractivity contribution >= 4 is 5.97 Å². The second kappa shape index (κ2) is 13.3. The molecule has 10 atom stereocenters. The van der Waals surface area contributed by atoms with Crippen LogP contribution in [-0.2, 0) is 9.53 Å². The van der Waals surface area contributed by atoms with Gasteiger partial charge in [0.1, 0.15) is 0 Å². The molecule has 6 nitrogen and oxygen atoms in total. The van der Waals surface area contributed by atoms with E-state index in [-0.39, 0.29) is 12.1 Å². The van der Waals surface area contributed by atoms with E-state index in [0.717, 1.165) is 45.4 Å². The zero-order chi connectivity index (χ0) is 27.3. The monoisotopic (exact) mass is 533 g/mol. The average Bonchev–Trinajstić information content (AvgIpc) is 3.26. The Kier molecular flexibility index (Phi) is 10.6. The Balaban J connectivity index is 1.31. The first kappa shape index (κ1) is 30.3. The zero-order valence-corrected chi connectivity index (χ0v) is 25.0. The molecule has 0 spiro atoms. The Bertz CT molecular complexity index is 764. The summed E-state index contributed by atoms with van der Waals surface area (Å²) in [7, 11) is 1.49. The Morgan fingerprint density at radius 2 is 1.74 bits per heavy atom. The van der Waals surface area contributed by atoms with Crippen molar-refractivity contribution in [2.24, 2.45) is 52.1 Å². The molecule has 38 heavy (non-hydrogen) atoms. The highest BCUT2D eigenvalue weighted by Crippen LogP contribution is 2.68. The van der Waals surface area contributed by atoms with E-state index in [1.807, 2.05) is 0 Å². The first-order valence-corrected chi connectivity index (χ1v) is 16.1. The van der Waals surface area contributed by atoms with Crippen LogP contribution in [0.3, 0.4) is 0 Å². The lowest BCUT2D eigenvalue weighted by Crippen LogP contribution is -2.59. The van der Waals surface area contributed by atoms with Crippen LogP contribution in [-0.4, -0.2) is 56.5 Å². The molecule has 5 N–H and O–H groups in total. The van der Waals surface area contributed by atoms with Gasteiger partial charge in [-0.1, -0.05) is 20.8 Å². The third-order valence-corrected chi connectivity index (χ3v) is 12.2. The maximum absolute atomic E-state index is 11.8. The number of aliphatic hydroxyl groups is 1. The molecule has 0 amide bonds. The second-order valence-electron chi connectivity index (χ2n) is 14.1. The number of aliphatic hydroxyl groups excluding tert-OH is 1. The number of fused-ring (bicyclic) bond motifs is 5. The molecule has 0 heterocycles. The maximum atomic E-state index is 11.8. The number of nitrogens with one attached hydrogen (secondary N) is 2. The highest BCUT2D eigenvalue weighted by Gasteiger charge is 2.62. The van der Waals surface area contributed by atoms with E-state index in [4.69, 9.17) is 10.5 Å². The standard InChI is InChI=1S/C32H59N3O3/c1-22(8-11-29(37)38-4)25-9-10-26-30-27(13-15-32(25,26)3)31(2)14-12-24(20-23(31)21-28(30)36)35-19-7-18-34-17-6-5-16-33/h22-28,30,34-36H,5-21,33H2,1-4H3/t22?,23-,24+,25-,26?,27?,28?,30?,31+,32-/m1/s1. The number of methoxy groups -OCH3 is 1. The molecule has 0 bridgehead atoms. The fourth-order valence-electron chi connectivity index (χ4n) is 10.1. The fourth-order valence-corrected chi connectivity index (χ4v) is 10.1. The van der Waals surface area contributed by atoms with Crippen molar-refractivity contribution < 1.29 is 14.6 Å². The van der Waals surface area contributed by atoms with Crippen LogP contribution in [0.15, 0.2) is 0 Å². The van der Waals surface area contributed by atoms with Gasteiger partial charge in [-0.3, -0.25) is 4.79 Å². The zero-order valence-electron chi connectivity index (χ0n) is 25.0. The third-order valence-electron chi connectivity index (χ3n) is 12.2. The predicted octanol–water partition coefficient (Wildman–Crippen LogP) is 4.88. The largest absolute Gasteiger partial charge is 0.469 e. The average molecular weight is 534 g/mol. The third kappa shape index (κ3) is 6.29. The van der Waals surface area contributed by atoms with E-state index in [1.165, 1.54) is 64.9 Å². The minimum absolute atomic E-state index is 0.0815. The van der Waals surface area contributed by atoms with Gasteiger partial charge in [-0.25, -0.2) is 0 Å². The van der Waals surface area contributed by atoms with Gasteiger partial charge < -0.3 is 26.2 Å². The van der Waals surface area contributed by atoms with Gasteiger partial charge in [-0.15, -0.1) is 0 Å². The summed E-state index contributed by atoms with van der Waals surface area (Å²) in [6.45, 7) is 11.5. The molecular formula is C32H59N3O3. The van der Waals surface area contributed by atoms with Gasteiger partial charge in [0.15, 0.2) is 0 Å². The number of rotatable bonds is 13. The smallest absolute Gasteiger partial charge is 0.305 e. The Morgan fingerprint density at radius 3 is 2.50 bits per heavy atom. The number of hydrogen-bond acceptors (Lipinski definition) is 6. The molecule has 5 unspecified atom stereocenters. The van der Waals surface area contributed by atoms with Crippen LogP contribution in [0.1, 0.15) is 104 Å². The fraction of sp³-hybridized carbons (Fsp3) is 0.969. The number of ether oxygens (including phenoxy) is 1. The van der Waals surface area contributed by atoms with E-state index >= 15 is 0 Å². The van der Waals surface area contributed by atoms with Gasteiger partial charge in [-0.05, 0) is 150 Å². The van der Waals surface area contributed by atoms with Crippen molar-refractivity contribution in [2.75, 3.05) is 33.3 Å². The summed E-state index contributed by atoms with van der Waals surface area (Å²) in [6.07, 6.45) is 14.7. The molecule has 4 fully saturated rings. The van der Waals surface area contributed by atoms with Gasteiger partial charge in [0.25, 0.3) is 0 Å². The lowest BCUT2D eigenvalue weighted by Gasteiger charge is -2.62. The molecule has 4 saturated carbocycles. The number of carbonyl (C=O) groups excluding carboxylic acids is 1. The summed E-state index contributed by atoms with van der Waals surface area (Å²) in [5, 5.41) is 19.1. The van der Waals surface area contributed by atoms with Crippen LogP contribution in [0.25, 0.3) is 0 Å². The maximum Gasteiger partial charge on any atom is 0.305 e. The predicted molar refractivity (Wildman–Crippen MR) is 155 cm³/mol. The van der Waals surface area contributed by atoms with Crippen molar-refractivity contribution in [1.82, 2.24) is 10.6 Å². The minimum atomic E-state index is -0.150. The number of unbranched alkanes of at least 4 members (excludes halogenated alkanes) is 1. The Hall–Kier alpha value is -0.690. The van der Waals surface area contributed by atoms with E-state index < -0.39 is 0 Å². The SMILES string of the molecule is COC(=O)CCC(C)[C@H]1CCC2C3C(O)C[C@H]4C[C@@H](NCCCNCCCCN)CC[C@]4(C)C3CC[C@@]21C. The number of esters is 1. The van der Waals surface area contributed by atoms with Crippen molar-refractivity contribution in [3.8, 4) is 0 Å². The summed E-state index contributed by atoms with van der Waals surface area (Å²) in [6, 6.07) is 0.606. The van der Waals surface area contributed by atoms with Gasteiger partial charge in [0.2, 0.25) is 0 Å². The highest BCUT2D eigenvalue weighted by atomic mass is 16.5. The lowest BCUT2D eigenvalue weighted by atomic mass is 9.43. The molecular weight excluding hydrogens is 474 g/mol. The molecule has 0 saturated heterocycles. The van der Waals surface area contributed by atoms with Crippen LogP contribution < -0.4 is 16.4 Å². The molecule has 0 aliphatic heterocycles. The van der Waals surface area contributed by atoms with Gasteiger partial charge in [0.05, 0.1) is 13.2 Å². The van der Waals surface area contributed by atoms with E-state index in [2.05, 4.69) is 31.4 Å².